The Morgan fingerprint density at radius 2 is 2.05 bits per heavy atom. The first-order valence-electron chi connectivity index (χ1n) is 7.08. The summed E-state index contributed by atoms with van der Waals surface area (Å²) in [6.45, 7) is 2.16. The first-order valence-corrected chi connectivity index (χ1v) is 7.08. The van der Waals surface area contributed by atoms with Gasteiger partial charge in [0, 0.05) is 29.7 Å². The maximum atomic E-state index is 4.53. The van der Waals surface area contributed by atoms with Gasteiger partial charge < -0.3 is 10.3 Å². The van der Waals surface area contributed by atoms with E-state index in [-0.39, 0.29) is 0 Å². The van der Waals surface area contributed by atoms with Gasteiger partial charge in [0.05, 0.1) is 23.3 Å². The molecule has 102 valence electrons. The quantitative estimate of drug-likeness (QED) is 0.749. The summed E-state index contributed by atoms with van der Waals surface area (Å²) >= 11 is 0. The van der Waals surface area contributed by atoms with Crippen LogP contribution in [0.3, 0.4) is 0 Å². The minimum Gasteiger partial charge on any atom is -0.360 e. The van der Waals surface area contributed by atoms with E-state index in [1.807, 2.05) is 24.7 Å². The van der Waals surface area contributed by atoms with Crippen LogP contribution in [0.4, 0.5) is 0 Å². The Balaban J connectivity index is 1.66. The Kier molecular flexibility index (Phi) is 2.77. The molecule has 0 unspecified atom stereocenters. The van der Waals surface area contributed by atoms with E-state index in [2.05, 4.69) is 37.3 Å². The zero-order chi connectivity index (χ0) is 13.4. The molecule has 4 rings (SSSR count). The highest BCUT2D eigenvalue weighted by atomic mass is 15.3. The zero-order valence-electron chi connectivity index (χ0n) is 11.2. The van der Waals surface area contributed by atoms with E-state index < -0.39 is 0 Å². The van der Waals surface area contributed by atoms with Gasteiger partial charge in [0.15, 0.2) is 0 Å². The Morgan fingerprint density at radius 1 is 1.15 bits per heavy atom. The van der Waals surface area contributed by atoms with Gasteiger partial charge in [-0.2, -0.15) is 5.10 Å². The fraction of sp³-hybridized carbons (Fsp3) is 0.333. The third-order valence-electron chi connectivity index (χ3n) is 4.02. The number of hydrogen-bond donors (Lipinski definition) is 2. The molecule has 0 amide bonds. The summed E-state index contributed by atoms with van der Waals surface area (Å²) in [5.74, 6) is 0. The van der Waals surface area contributed by atoms with Crippen LogP contribution in [-0.4, -0.2) is 32.8 Å². The van der Waals surface area contributed by atoms with Gasteiger partial charge in [-0.25, -0.2) is 0 Å². The molecule has 0 spiro atoms. The van der Waals surface area contributed by atoms with E-state index >= 15 is 0 Å². The molecule has 1 saturated heterocycles. The van der Waals surface area contributed by atoms with Crippen LogP contribution in [-0.2, 0) is 0 Å². The molecule has 5 nitrogen and oxygen atoms in total. The van der Waals surface area contributed by atoms with Crippen molar-refractivity contribution in [1.29, 1.82) is 0 Å². The molecule has 3 aromatic heterocycles. The second-order valence-corrected chi connectivity index (χ2v) is 5.32. The van der Waals surface area contributed by atoms with E-state index in [0.717, 1.165) is 48.1 Å². The monoisotopic (exact) mass is 267 g/mol. The molecule has 0 saturated carbocycles. The number of aromatic amines is 1. The molecular weight excluding hydrogens is 250 g/mol. The topological polar surface area (TPSA) is 58.5 Å². The molecule has 5 heteroatoms. The molecule has 3 aromatic rings. The number of hydrogen-bond acceptors (Lipinski definition) is 3. The molecule has 20 heavy (non-hydrogen) atoms. The maximum absolute atomic E-state index is 4.53. The van der Waals surface area contributed by atoms with Gasteiger partial charge in [0.1, 0.15) is 0 Å². The second kappa shape index (κ2) is 4.76. The Morgan fingerprint density at radius 3 is 2.95 bits per heavy atom. The van der Waals surface area contributed by atoms with E-state index in [0.29, 0.717) is 6.04 Å². The van der Waals surface area contributed by atoms with Gasteiger partial charge in [0.25, 0.3) is 0 Å². The minimum atomic E-state index is 0.521. The summed E-state index contributed by atoms with van der Waals surface area (Å²) in [6.07, 6.45) is 10.2. The molecule has 2 N–H and O–H groups in total. The smallest absolute Gasteiger partial charge is 0.0879 e. The van der Waals surface area contributed by atoms with Crippen molar-refractivity contribution in [3.8, 4) is 11.1 Å². The molecule has 0 aliphatic carbocycles. The first kappa shape index (κ1) is 11.7. The molecule has 0 aromatic carbocycles. The largest absolute Gasteiger partial charge is 0.360 e. The average Bonchev–Trinajstić information content (AvgIpc) is 3.16. The van der Waals surface area contributed by atoms with Crippen LogP contribution >= 0.6 is 0 Å². The molecule has 0 radical (unpaired) electrons. The van der Waals surface area contributed by atoms with Crippen molar-refractivity contribution in [3.63, 3.8) is 0 Å². The fourth-order valence-electron chi connectivity index (χ4n) is 2.85. The van der Waals surface area contributed by atoms with Crippen LogP contribution < -0.4 is 5.32 Å². The summed E-state index contributed by atoms with van der Waals surface area (Å²) in [5, 5.41) is 7.92. The lowest BCUT2D eigenvalue weighted by molar-refractivity contribution is 0.343. The van der Waals surface area contributed by atoms with Gasteiger partial charge in [-0.15, -0.1) is 0 Å². The van der Waals surface area contributed by atoms with Gasteiger partial charge in [0.2, 0.25) is 0 Å². The van der Waals surface area contributed by atoms with E-state index in [1.165, 1.54) is 0 Å². The van der Waals surface area contributed by atoms with E-state index in [1.54, 1.807) is 0 Å². The Labute approximate surface area is 117 Å². The fourth-order valence-corrected chi connectivity index (χ4v) is 2.85. The summed E-state index contributed by atoms with van der Waals surface area (Å²) in [5.41, 5.74) is 4.31. The highest BCUT2D eigenvalue weighted by Gasteiger charge is 2.16. The van der Waals surface area contributed by atoms with Crippen LogP contribution in [0.15, 0.2) is 36.9 Å². The third kappa shape index (κ3) is 2.00. The number of pyridine rings is 1. The van der Waals surface area contributed by atoms with Crippen LogP contribution in [0.25, 0.3) is 22.2 Å². The molecule has 0 atom stereocenters. The summed E-state index contributed by atoms with van der Waals surface area (Å²) in [4.78, 5) is 7.66. The molecule has 4 heterocycles. The maximum Gasteiger partial charge on any atom is 0.0879 e. The summed E-state index contributed by atoms with van der Waals surface area (Å²) < 4.78 is 2.11. The van der Waals surface area contributed by atoms with E-state index in [4.69, 9.17) is 0 Å². The number of nitrogens with zero attached hydrogens (tertiary/aromatic N) is 3. The lowest BCUT2D eigenvalue weighted by Crippen LogP contribution is -2.29. The van der Waals surface area contributed by atoms with Crippen molar-refractivity contribution in [2.45, 2.75) is 18.9 Å². The molecular formula is C15H17N5. The average molecular weight is 267 g/mol. The number of H-pyrrole nitrogens is 1. The normalized spacial score (nSPS) is 16.8. The van der Waals surface area contributed by atoms with Gasteiger partial charge in [-0.3, -0.25) is 9.67 Å². The van der Waals surface area contributed by atoms with Crippen molar-refractivity contribution in [1.82, 2.24) is 25.1 Å². The van der Waals surface area contributed by atoms with Gasteiger partial charge in [-0.1, -0.05) is 0 Å². The van der Waals surface area contributed by atoms with Crippen molar-refractivity contribution in [2.75, 3.05) is 13.1 Å². The molecule has 1 aliphatic heterocycles. The predicted molar refractivity (Wildman–Crippen MR) is 78.5 cm³/mol. The second-order valence-electron chi connectivity index (χ2n) is 5.32. The standard InChI is InChI=1S/C15H17N5/c1-4-16-5-2-13(1)20-10-12(9-19-20)11-7-15-14(18-8-11)3-6-17-15/h3,6-10,13,16-17H,1-2,4-5H2. The van der Waals surface area contributed by atoms with Gasteiger partial charge >= 0.3 is 0 Å². The van der Waals surface area contributed by atoms with Crippen molar-refractivity contribution in [2.24, 2.45) is 0 Å². The van der Waals surface area contributed by atoms with Crippen LogP contribution in [0, 0.1) is 0 Å². The number of piperidine rings is 1. The number of rotatable bonds is 2. The van der Waals surface area contributed by atoms with Crippen molar-refractivity contribution < 1.29 is 0 Å². The molecule has 1 aliphatic rings. The van der Waals surface area contributed by atoms with E-state index in [9.17, 15) is 0 Å². The highest BCUT2D eigenvalue weighted by molar-refractivity contribution is 5.80. The van der Waals surface area contributed by atoms with Crippen LogP contribution in [0.1, 0.15) is 18.9 Å². The molecule has 0 bridgehead atoms. The van der Waals surface area contributed by atoms with Crippen molar-refractivity contribution >= 4 is 11.0 Å². The minimum absolute atomic E-state index is 0.521. The lowest BCUT2D eigenvalue weighted by atomic mass is 10.1. The third-order valence-corrected chi connectivity index (χ3v) is 4.02. The summed E-state index contributed by atoms with van der Waals surface area (Å²) in [7, 11) is 0. The Hall–Kier alpha value is -2.14. The zero-order valence-corrected chi connectivity index (χ0v) is 11.2. The highest BCUT2D eigenvalue weighted by Crippen LogP contribution is 2.24. The van der Waals surface area contributed by atoms with Crippen LogP contribution in [0.2, 0.25) is 0 Å². The predicted octanol–water partition coefficient (Wildman–Crippen LogP) is 2.35. The SMILES string of the molecule is c1cc2ncc(-c3cnn(C4CCNCC4)c3)cc2[nH]1. The van der Waals surface area contributed by atoms with Crippen LogP contribution in [0.5, 0.6) is 0 Å². The first-order chi connectivity index (χ1) is 9.90. The number of nitrogens with one attached hydrogen (secondary N) is 2. The lowest BCUT2D eigenvalue weighted by Gasteiger charge is -2.22. The number of aromatic nitrogens is 4. The van der Waals surface area contributed by atoms with Crippen molar-refractivity contribution in [3.05, 3.63) is 36.9 Å². The Bertz CT molecular complexity index is 721. The summed E-state index contributed by atoms with van der Waals surface area (Å²) in [6, 6.07) is 4.64. The molecule has 1 fully saturated rings. The van der Waals surface area contributed by atoms with Gasteiger partial charge in [-0.05, 0) is 38.1 Å². The number of fused-ring (bicyclic) bond motifs is 1.